The largest absolute Gasteiger partial charge is 0.372 e. The molecule has 4 nitrogen and oxygen atoms in total. The molecule has 1 aliphatic heterocycles. The number of pyridine rings is 1. The maximum absolute atomic E-state index is 5.80. The molecule has 0 aromatic carbocycles. The smallest absolute Gasteiger partial charge is 0.129 e. The number of nitrogens with zero attached hydrogens (tertiary/aromatic N) is 2. The van der Waals surface area contributed by atoms with Crippen molar-refractivity contribution in [2.45, 2.75) is 59.4 Å². The van der Waals surface area contributed by atoms with Crippen LogP contribution in [0, 0.1) is 6.92 Å². The highest BCUT2D eigenvalue weighted by Crippen LogP contribution is 2.20. The second-order valence-corrected chi connectivity index (χ2v) is 6.17. The summed E-state index contributed by atoms with van der Waals surface area (Å²) in [6.07, 6.45) is 0.525. The molecule has 20 heavy (non-hydrogen) atoms. The van der Waals surface area contributed by atoms with Gasteiger partial charge in [-0.05, 0) is 38.5 Å². The minimum atomic E-state index is 0.262. The van der Waals surface area contributed by atoms with Crippen LogP contribution in [0.15, 0.2) is 12.1 Å². The fourth-order valence-electron chi connectivity index (χ4n) is 2.67. The molecular formula is C16H27N3O. The number of aromatic nitrogens is 1. The molecule has 2 heterocycles. The molecule has 0 radical (unpaired) electrons. The summed E-state index contributed by atoms with van der Waals surface area (Å²) in [4.78, 5) is 7.03. The number of rotatable bonds is 4. The number of morpholine rings is 1. The van der Waals surface area contributed by atoms with E-state index in [1.807, 2.05) is 0 Å². The number of ether oxygens (including phenoxy) is 1. The number of hydrogen-bond acceptors (Lipinski definition) is 4. The van der Waals surface area contributed by atoms with E-state index in [1.165, 1.54) is 5.56 Å². The first-order valence-corrected chi connectivity index (χ1v) is 7.55. The number of hydrogen-bond donors (Lipinski definition) is 1. The maximum atomic E-state index is 5.80. The van der Waals surface area contributed by atoms with E-state index in [0.29, 0.717) is 6.04 Å². The fourth-order valence-corrected chi connectivity index (χ4v) is 2.67. The first-order chi connectivity index (χ1) is 9.44. The molecule has 1 saturated heterocycles. The Morgan fingerprint density at radius 1 is 1.30 bits per heavy atom. The van der Waals surface area contributed by atoms with Gasteiger partial charge in [-0.2, -0.15) is 0 Å². The van der Waals surface area contributed by atoms with Crippen molar-refractivity contribution in [1.29, 1.82) is 0 Å². The molecule has 1 aromatic rings. The lowest BCUT2D eigenvalue weighted by Gasteiger charge is -2.36. The van der Waals surface area contributed by atoms with Crippen molar-refractivity contribution in [3.05, 3.63) is 23.4 Å². The molecule has 0 bridgehead atoms. The average Bonchev–Trinajstić information content (AvgIpc) is 2.34. The third-order valence-electron chi connectivity index (χ3n) is 3.46. The minimum Gasteiger partial charge on any atom is -0.372 e. The van der Waals surface area contributed by atoms with Crippen molar-refractivity contribution in [3.63, 3.8) is 0 Å². The summed E-state index contributed by atoms with van der Waals surface area (Å²) in [5.74, 6) is 1.08. The molecule has 0 spiro atoms. The van der Waals surface area contributed by atoms with Gasteiger partial charge in [0.05, 0.1) is 12.2 Å². The van der Waals surface area contributed by atoms with Gasteiger partial charge in [-0.25, -0.2) is 4.98 Å². The molecule has 112 valence electrons. The Morgan fingerprint density at radius 2 is 1.95 bits per heavy atom. The van der Waals surface area contributed by atoms with Gasteiger partial charge in [-0.1, -0.05) is 13.8 Å². The van der Waals surface area contributed by atoms with E-state index in [4.69, 9.17) is 9.72 Å². The second kappa shape index (κ2) is 6.55. The van der Waals surface area contributed by atoms with Gasteiger partial charge >= 0.3 is 0 Å². The van der Waals surface area contributed by atoms with Crippen molar-refractivity contribution in [2.75, 3.05) is 18.0 Å². The van der Waals surface area contributed by atoms with E-state index < -0.39 is 0 Å². The third-order valence-corrected chi connectivity index (χ3v) is 3.46. The summed E-state index contributed by atoms with van der Waals surface area (Å²) < 4.78 is 5.80. The molecule has 0 amide bonds. The second-order valence-electron chi connectivity index (χ2n) is 6.17. The average molecular weight is 277 g/mol. The van der Waals surface area contributed by atoms with Crippen LogP contribution in [0.5, 0.6) is 0 Å². The van der Waals surface area contributed by atoms with Crippen molar-refractivity contribution in [2.24, 2.45) is 0 Å². The maximum Gasteiger partial charge on any atom is 0.129 e. The van der Waals surface area contributed by atoms with E-state index in [-0.39, 0.29) is 12.2 Å². The van der Waals surface area contributed by atoms with Crippen LogP contribution in [-0.2, 0) is 11.3 Å². The van der Waals surface area contributed by atoms with Crippen molar-refractivity contribution < 1.29 is 4.74 Å². The van der Waals surface area contributed by atoms with Crippen molar-refractivity contribution in [1.82, 2.24) is 10.3 Å². The normalized spacial score (nSPS) is 23.4. The van der Waals surface area contributed by atoms with Crippen LogP contribution in [0.1, 0.15) is 39.0 Å². The van der Waals surface area contributed by atoms with Crippen LogP contribution >= 0.6 is 0 Å². The van der Waals surface area contributed by atoms with Gasteiger partial charge in [0.2, 0.25) is 0 Å². The van der Waals surface area contributed by atoms with Crippen molar-refractivity contribution >= 4 is 5.82 Å². The monoisotopic (exact) mass is 277 g/mol. The van der Waals surface area contributed by atoms with Gasteiger partial charge in [0.1, 0.15) is 5.82 Å². The standard InChI is InChI=1S/C16H27N3O/c1-11(2)17-8-15-6-12(3)18-16(7-15)19-9-13(4)20-14(5)10-19/h6-7,11,13-14,17H,8-10H2,1-5H3. The Balaban J connectivity index is 2.14. The molecule has 1 fully saturated rings. The van der Waals surface area contributed by atoms with Gasteiger partial charge in [0.15, 0.2) is 0 Å². The Kier molecular flexibility index (Phi) is 5.00. The van der Waals surface area contributed by atoms with Gasteiger partial charge in [-0.15, -0.1) is 0 Å². The van der Waals surface area contributed by atoms with Crippen LogP contribution in [-0.4, -0.2) is 36.3 Å². The third kappa shape index (κ3) is 4.18. The summed E-state index contributed by atoms with van der Waals surface area (Å²) in [5, 5.41) is 3.47. The first-order valence-electron chi connectivity index (χ1n) is 7.55. The lowest BCUT2D eigenvalue weighted by atomic mass is 10.2. The zero-order valence-electron chi connectivity index (χ0n) is 13.3. The summed E-state index contributed by atoms with van der Waals surface area (Å²) in [6.45, 7) is 13.4. The van der Waals surface area contributed by atoms with E-state index in [9.17, 15) is 0 Å². The van der Waals surface area contributed by atoms with Gasteiger partial charge in [0.25, 0.3) is 0 Å². The number of anilines is 1. The SMILES string of the molecule is Cc1cc(CNC(C)C)cc(N2CC(C)OC(C)C2)n1. The van der Waals surface area contributed by atoms with Gasteiger partial charge in [-0.3, -0.25) is 0 Å². The molecule has 1 aliphatic rings. The predicted molar refractivity (Wildman–Crippen MR) is 83.2 cm³/mol. The Bertz CT molecular complexity index is 437. The number of nitrogens with one attached hydrogen (secondary N) is 1. The van der Waals surface area contributed by atoms with E-state index >= 15 is 0 Å². The molecule has 0 saturated carbocycles. The Hall–Kier alpha value is -1.13. The Labute approximate surface area is 122 Å². The topological polar surface area (TPSA) is 37.4 Å². The first kappa shape index (κ1) is 15.3. The van der Waals surface area contributed by atoms with Crippen LogP contribution < -0.4 is 10.2 Å². The highest BCUT2D eigenvalue weighted by molar-refractivity contribution is 5.43. The molecule has 2 unspecified atom stereocenters. The zero-order valence-corrected chi connectivity index (χ0v) is 13.3. The van der Waals surface area contributed by atoms with E-state index in [2.05, 4.69) is 57.0 Å². The fraction of sp³-hybridized carbons (Fsp3) is 0.688. The van der Waals surface area contributed by atoms with Gasteiger partial charge < -0.3 is 15.0 Å². The minimum absolute atomic E-state index is 0.262. The van der Waals surface area contributed by atoms with Crippen LogP contribution in [0.3, 0.4) is 0 Å². The molecule has 2 atom stereocenters. The highest BCUT2D eigenvalue weighted by Gasteiger charge is 2.23. The Morgan fingerprint density at radius 3 is 2.55 bits per heavy atom. The van der Waals surface area contributed by atoms with Gasteiger partial charge in [0, 0.05) is 31.4 Å². The summed E-state index contributed by atoms with van der Waals surface area (Å²) in [5.41, 5.74) is 2.38. The zero-order chi connectivity index (χ0) is 14.7. The summed E-state index contributed by atoms with van der Waals surface area (Å²) in [7, 11) is 0. The molecular weight excluding hydrogens is 250 g/mol. The highest BCUT2D eigenvalue weighted by atomic mass is 16.5. The van der Waals surface area contributed by atoms with Crippen molar-refractivity contribution in [3.8, 4) is 0 Å². The summed E-state index contributed by atoms with van der Waals surface area (Å²) in [6, 6.07) is 4.86. The molecule has 4 heteroatoms. The van der Waals surface area contributed by atoms with Crippen LogP contribution in [0.4, 0.5) is 5.82 Å². The molecule has 0 aliphatic carbocycles. The quantitative estimate of drug-likeness (QED) is 0.917. The number of aryl methyl sites for hydroxylation is 1. The van der Waals surface area contributed by atoms with Crippen LogP contribution in [0.25, 0.3) is 0 Å². The van der Waals surface area contributed by atoms with Crippen LogP contribution in [0.2, 0.25) is 0 Å². The molecule has 2 rings (SSSR count). The summed E-state index contributed by atoms with van der Waals surface area (Å²) >= 11 is 0. The predicted octanol–water partition coefficient (Wildman–Crippen LogP) is 2.50. The van der Waals surface area contributed by atoms with E-state index in [1.54, 1.807) is 0 Å². The molecule has 1 N–H and O–H groups in total. The molecule has 1 aromatic heterocycles. The van der Waals surface area contributed by atoms with E-state index in [0.717, 1.165) is 31.1 Å². The lowest BCUT2D eigenvalue weighted by Crippen LogP contribution is -2.46. The lowest BCUT2D eigenvalue weighted by molar-refractivity contribution is -0.00547.